The molecule has 0 spiro atoms. The van der Waals surface area contributed by atoms with Crippen LogP contribution in [0.15, 0.2) is 69.4 Å². The van der Waals surface area contributed by atoms with Crippen molar-refractivity contribution >= 4 is 33.6 Å². The SMILES string of the molecule is C=CCn1nc(SCC(=O)NCc2ccco2)nc1-c1ccc(Br)cc1. The lowest BCUT2D eigenvalue weighted by atomic mass is 10.2. The fourth-order valence-corrected chi connectivity index (χ4v) is 3.16. The van der Waals surface area contributed by atoms with Crippen LogP contribution in [-0.2, 0) is 17.9 Å². The molecule has 2 heterocycles. The Balaban J connectivity index is 1.64. The van der Waals surface area contributed by atoms with Crippen molar-refractivity contribution in [3.05, 3.63) is 65.5 Å². The summed E-state index contributed by atoms with van der Waals surface area (Å²) in [5.74, 6) is 1.60. The number of amides is 1. The number of halogens is 1. The first-order valence-electron chi connectivity index (χ1n) is 7.89. The second-order valence-corrected chi connectivity index (χ2v) is 7.20. The molecule has 134 valence electrons. The lowest BCUT2D eigenvalue weighted by Gasteiger charge is -2.02. The highest BCUT2D eigenvalue weighted by atomic mass is 79.9. The molecular formula is C18H17BrN4O2S. The normalized spacial score (nSPS) is 10.7. The van der Waals surface area contributed by atoms with Gasteiger partial charge in [0.25, 0.3) is 0 Å². The molecular weight excluding hydrogens is 416 g/mol. The molecule has 0 fully saturated rings. The minimum atomic E-state index is -0.100. The van der Waals surface area contributed by atoms with Gasteiger partial charge >= 0.3 is 0 Å². The molecule has 0 saturated carbocycles. The second-order valence-electron chi connectivity index (χ2n) is 5.34. The molecule has 6 nitrogen and oxygen atoms in total. The summed E-state index contributed by atoms with van der Waals surface area (Å²) in [5.41, 5.74) is 0.955. The molecule has 1 amide bonds. The largest absolute Gasteiger partial charge is 0.467 e. The molecule has 0 saturated heterocycles. The number of carbonyl (C=O) groups excluding carboxylic acids is 1. The van der Waals surface area contributed by atoms with Gasteiger partial charge in [-0.1, -0.05) is 45.9 Å². The molecule has 8 heteroatoms. The lowest BCUT2D eigenvalue weighted by Crippen LogP contribution is -2.24. The van der Waals surface area contributed by atoms with E-state index in [1.54, 1.807) is 23.1 Å². The van der Waals surface area contributed by atoms with Gasteiger partial charge in [-0.2, -0.15) is 0 Å². The van der Waals surface area contributed by atoms with Crippen LogP contribution in [0.2, 0.25) is 0 Å². The van der Waals surface area contributed by atoms with E-state index in [-0.39, 0.29) is 11.7 Å². The van der Waals surface area contributed by atoms with E-state index in [1.165, 1.54) is 11.8 Å². The number of allylic oxidation sites excluding steroid dienone is 1. The molecule has 1 N–H and O–H groups in total. The van der Waals surface area contributed by atoms with Crippen molar-refractivity contribution in [3.8, 4) is 11.4 Å². The number of thioether (sulfide) groups is 1. The average Bonchev–Trinajstić information content (AvgIpc) is 3.29. The Morgan fingerprint density at radius 3 is 2.85 bits per heavy atom. The van der Waals surface area contributed by atoms with Crippen LogP contribution in [0.5, 0.6) is 0 Å². The fourth-order valence-electron chi connectivity index (χ4n) is 2.22. The van der Waals surface area contributed by atoms with Crippen molar-refractivity contribution in [1.29, 1.82) is 0 Å². The second kappa shape index (κ2) is 8.86. The molecule has 3 aromatic rings. The molecule has 0 unspecified atom stereocenters. The summed E-state index contributed by atoms with van der Waals surface area (Å²) >= 11 is 4.72. The van der Waals surface area contributed by atoms with Crippen LogP contribution >= 0.6 is 27.7 Å². The first-order valence-corrected chi connectivity index (χ1v) is 9.67. The van der Waals surface area contributed by atoms with Gasteiger partial charge in [-0.15, -0.1) is 11.7 Å². The van der Waals surface area contributed by atoms with E-state index in [2.05, 4.69) is 37.9 Å². The Morgan fingerprint density at radius 2 is 2.15 bits per heavy atom. The summed E-state index contributed by atoms with van der Waals surface area (Å²) in [6.45, 7) is 4.68. The van der Waals surface area contributed by atoms with Crippen molar-refractivity contribution in [2.75, 3.05) is 5.75 Å². The molecule has 26 heavy (non-hydrogen) atoms. The van der Waals surface area contributed by atoms with Gasteiger partial charge in [0.05, 0.1) is 25.1 Å². The molecule has 2 aromatic heterocycles. The minimum absolute atomic E-state index is 0.100. The number of benzene rings is 1. The predicted octanol–water partition coefficient (Wildman–Crippen LogP) is 3.90. The summed E-state index contributed by atoms with van der Waals surface area (Å²) in [6, 6.07) is 11.5. The maximum atomic E-state index is 12.0. The molecule has 0 aliphatic carbocycles. The Labute approximate surface area is 163 Å². The number of aromatic nitrogens is 3. The van der Waals surface area contributed by atoms with Gasteiger partial charge < -0.3 is 9.73 Å². The van der Waals surface area contributed by atoms with E-state index in [9.17, 15) is 4.79 Å². The van der Waals surface area contributed by atoms with E-state index >= 15 is 0 Å². The number of carbonyl (C=O) groups is 1. The number of hydrogen-bond donors (Lipinski definition) is 1. The van der Waals surface area contributed by atoms with Crippen LogP contribution in [0, 0.1) is 0 Å². The Hall–Kier alpha value is -2.32. The zero-order valence-electron chi connectivity index (χ0n) is 13.9. The zero-order valence-corrected chi connectivity index (χ0v) is 16.3. The van der Waals surface area contributed by atoms with Crippen LogP contribution in [0.3, 0.4) is 0 Å². The standard InChI is InChI=1S/C18H17BrN4O2S/c1-2-9-23-17(13-5-7-14(19)8-6-13)21-18(22-23)26-12-16(24)20-11-15-4-3-10-25-15/h2-8,10H,1,9,11-12H2,(H,20,24). The Morgan fingerprint density at radius 1 is 1.35 bits per heavy atom. The summed E-state index contributed by atoms with van der Waals surface area (Å²) in [7, 11) is 0. The van der Waals surface area contributed by atoms with Gasteiger partial charge in [0.15, 0.2) is 5.82 Å². The maximum Gasteiger partial charge on any atom is 0.230 e. The quantitative estimate of drug-likeness (QED) is 0.431. The lowest BCUT2D eigenvalue weighted by molar-refractivity contribution is -0.118. The third-order valence-corrected chi connectivity index (χ3v) is 4.80. The fraction of sp³-hybridized carbons (Fsp3) is 0.167. The smallest absolute Gasteiger partial charge is 0.230 e. The van der Waals surface area contributed by atoms with Crippen LogP contribution in [0.1, 0.15) is 5.76 Å². The van der Waals surface area contributed by atoms with Gasteiger partial charge in [-0.25, -0.2) is 9.67 Å². The number of rotatable bonds is 8. The molecule has 0 aliphatic heterocycles. The molecule has 0 atom stereocenters. The monoisotopic (exact) mass is 432 g/mol. The van der Waals surface area contributed by atoms with E-state index in [0.717, 1.165) is 15.9 Å². The third-order valence-electron chi connectivity index (χ3n) is 3.43. The zero-order chi connectivity index (χ0) is 18.4. The maximum absolute atomic E-state index is 12.0. The molecule has 0 bridgehead atoms. The van der Waals surface area contributed by atoms with Crippen LogP contribution < -0.4 is 5.32 Å². The van der Waals surface area contributed by atoms with E-state index in [4.69, 9.17) is 4.42 Å². The highest BCUT2D eigenvalue weighted by Gasteiger charge is 2.13. The molecule has 1 aromatic carbocycles. The third kappa shape index (κ3) is 4.86. The van der Waals surface area contributed by atoms with Crippen LogP contribution in [0.4, 0.5) is 0 Å². The Kier molecular flexibility index (Phi) is 6.30. The van der Waals surface area contributed by atoms with Gasteiger partial charge in [-0.05, 0) is 24.3 Å². The first-order chi connectivity index (χ1) is 12.7. The summed E-state index contributed by atoms with van der Waals surface area (Å²) in [6.07, 6.45) is 3.34. The van der Waals surface area contributed by atoms with Crippen LogP contribution in [0.25, 0.3) is 11.4 Å². The van der Waals surface area contributed by atoms with Gasteiger partial charge in [-0.3, -0.25) is 4.79 Å². The van der Waals surface area contributed by atoms with Crippen molar-refractivity contribution in [1.82, 2.24) is 20.1 Å². The van der Waals surface area contributed by atoms with Gasteiger partial charge in [0, 0.05) is 10.0 Å². The number of nitrogens with one attached hydrogen (secondary N) is 1. The summed E-state index contributed by atoms with van der Waals surface area (Å²) in [5, 5.41) is 7.82. The van der Waals surface area contributed by atoms with Crippen molar-refractivity contribution < 1.29 is 9.21 Å². The average molecular weight is 433 g/mol. The molecule has 0 aliphatic rings. The number of nitrogens with zero attached hydrogens (tertiary/aromatic N) is 3. The number of hydrogen-bond acceptors (Lipinski definition) is 5. The van der Waals surface area contributed by atoms with Gasteiger partial charge in [0.1, 0.15) is 5.76 Å². The highest BCUT2D eigenvalue weighted by molar-refractivity contribution is 9.10. The number of furan rings is 1. The van der Waals surface area contributed by atoms with Crippen molar-refractivity contribution in [3.63, 3.8) is 0 Å². The first kappa shape index (κ1) is 18.5. The topological polar surface area (TPSA) is 73.0 Å². The summed E-state index contributed by atoms with van der Waals surface area (Å²) in [4.78, 5) is 16.5. The van der Waals surface area contributed by atoms with Crippen molar-refractivity contribution in [2.45, 2.75) is 18.2 Å². The minimum Gasteiger partial charge on any atom is -0.467 e. The van der Waals surface area contributed by atoms with E-state index in [1.807, 2.05) is 30.3 Å². The van der Waals surface area contributed by atoms with Crippen molar-refractivity contribution in [2.24, 2.45) is 0 Å². The van der Waals surface area contributed by atoms with Crippen LogP contribution in [-0.4, -0.2) is 26.4 Å². The summed E-state index contributed by atoms with van der Waals surface area (Å²) < 4.78 is 7.96. The van der Waals surface area contributed by atoms with E-state index in [0.29, 0.717) is 24.0 Å². The molecule has 0 radical (unpaired) electrons. The highest BCUT2D eigenvalue weighted by Crippen LogP contribution is 2.23. The Bertz CT molecular complexity index is 875. The van der Waals surface area contributed by atoms with E-state index < -0.39 is 0 Å². The van der Waals surface area contributed by atoms with Gasteiger partial charge in [0.2, 0.25) is 11.1 Å². The molecule has 3 rings (SSSR count). The predicted molar refractivity (Wildman–Crippen MR) is 105 cm³/mol.